The number of ketones is 1. The maximum absolute atomic E-state index is 14.8. The largest absolute Gasteiger partial charge is 0.381 e. The van der Waals surface area contributed by atoms with Crippen LogP contribution in [0, 0.1) is 21.2 Å². The summed E-state index contributed by atoms with van der Waals surface area (Å²) >= 11 is 22.5. The van der Waals surface area contributed by atoms with Gasteiger partial charge in [-0.05, 0) is 62.5 Å². The predicted octanol–water partition coefficient (Wildman–Crippen LogP) is 2.71. The Labute approximate surface area is 379 Å². The number of hydrogen-bond donors (Lipinski definition) is 0. The minimum absolute atomic E-state index is 0.0145. The highest BCUT2D eigenvalue weighted by atomic mass is 35.5. The van der Waals surface area contributed by atoms with Crippen LogP contribution in [0.3, 0.4) is 0 Å². The highest BCUT2D eigenvalue weighted by molar-refractivity contribution is 7.91. The van der Waals surface area contributed by atoms with Crippen molar-refractivity contribution < 1.29 is 36.5 Å². The smallest absolute Gasteiger partial charge is 0.338 e. The molecule has 0 spiro atoms. The van der Waals surface area contributed by atoms with E-state index in [-0.39, 0.29) is 60.7 Å². The second kappa shape index (κ2) is 17.2. The van der Waals surface area contributed by atoms with Crippen molar-refractivity contribution in [2.75, 3.05) is 12.0 Å². The van der Waals surface area contributed by atoms with Crippen molar-refractivity contribution in [2.45, 2.75) is 37.9 Å². The third-order valence-electron chi connectivity index (χ3n) is 10.1. The van der Waals surface area contributed by atoms with Crippen LogP contribution in [0.5, 0.6) is 0 Å². The van der Waals surface area contributed by atoms with E-state index in [2.05, 4.69) is 15.3 Å². The van der Waals surface area contributed by atoms with Crippen LogP contribution in [-0.2, 0) is 52.5 Å². The second-order valence-electron chi connectivity index (χ2n) is 15.0. The number of carbonyl (C=O) groups is 2. The monoisotopic (exact) mass is 982 g/mol. The number of carbonyl (C=O) groups excluding carboxylic acids is 2. The highest BCUT2D eigenvalue weighted by Crippen LogP contribution is 2.34. The van der Waals surface area contributed by atoms with E-state index in [0.717, 1.165) is 42.7 Å². The molecule has 27 heteroatoms. The van der Waals surface area contributed by atoms with Gasteiger partial charge in [-0.25, -0.2) is 50.5 Å². The molecule has 0 amide bonds. The molecule has 2 atom stereocenters. The number of Topliss-reactive ketones (excluding diaryl/α,β-unsaturated/α-hetero) is 1. The molecule has 7 rings (SSSR count). The SMILES string of the molecule is Cn1c(=S)n(C)c(=O)n(-c2cc(C3=NOC(C)(C(=O)CS(C)(=O)=O)C3)c(Cl)cc2F)c1=O.Cn1c(=S)n(C)c(=O)n(-c2cc(C3=NOC(C)(C(=O)n4ccnc4)C3)c(Cl)cc2F)c1=O. The van der Waals surface area contributed by atoms with Crippen molar-refractivity contribution in [3.63, 3.8) is 0 Å². The molecular formula is C37H34Cl2F2N10O10S3. The summed E-state index contributed by atoms with van der Waals surface area (Å²) < 4.78 is 59.1. The van der Waals surface area contributed by atoms with Crippen molar-refractivity contribution in [3.8, 4) is 11.4 Å². The molecule has 5 aromatic rings. The van der Waals surface area contributed by atoms with Crippen LogP contribution in [0.25, 0.3) is 11.4 Å². The quantitative estimate of drug-likeness (QED) is 0.204. The van der Waals surface area contributed by atoms with Gasteiger partial charge < -0.3 is 9.68 Å². The maximum atomic E-state index is 14.8. The molecule has 2 unspecified atom stereocenters. The Kier molecular flexibility index (Phi) is 12.7. The lowest BCUT2D eigenvalue weighted by molar-refractivity contribution is -0.136. The van der Waals surface area contributed by atoms with Gasteiger partial charge in [-0.3, -0.25) is 32.4 Å². The zero-order chi connectivity index (χ0) is 47.5. The van der Waals surface area contributed by atoms with Gasteiger partial charge in [-0.1, -0.05) is 33.5 Å². The Morgan fingerprint density at radius 1 is 0.734 bits per heavy atom. The van der Waals surface area contributed by atoms with E-state index in [4.69, 9.17) is 57.3 Å². The Morgan fingerprint density at radius 3 is 1.50 bits per heavy atom. The van der Waals surface area contributed by atoms with E-state index in [1.54, 1.807) is 6.92 Å². The summed E-state index contributed by atoms with van der Waals surface area (Å²) in [7, 11) is 1.82. The molecule has 0 radical (unpaired) electrons. The first kappa shape index (κ1) is 47.5. The van der Waals surface area contributed by atoms with Gasteiger partial charge in [-0.15, -0.1) is 0 Å². The highest BCUT2D eigenvalue weighted by Gasteiger charge is 2.45. The van der Waals surface area contributed by atoms with Gasteiger partial charge in [0.2, 0.25) is 5.60 Å². The maximum Gasteiger partial charge on any atom is 0.338 e. The third-order valence-corrected chi connectivity index (χ3v) is 12.6. The number of benzene rings is 2. The molecule has 2 aliphatic rings. The molecule has 2 aromatic carbocycles. The summed E-state index contributed by atoms with van der Waals surface area (Å²) in [6.07, 6.45) is 5.04. The van der Waals surface area contributed by atoms with Crippen LogP contribution in [0.1, 0.15) is 42.6 Å². The van der Waals surface area contributed by atoms with Crippen molar-refractivity contribution in [2.24, 2.45) is 38.5 Å². The second-order valence-corrected chi connectivity index (χ2v) is 18.7. The number of nitrogens with zero attached hydrogens (tertiary/aromatic N) is 10. The molecule has 0 fully saturated rings. The first-order chi connectivity index (χ1) is 29.7. The molecular weight excluding hydrogens is 950 g/mol. The molecule has 3 aromatic heterocycles. The van der Waals surface area contributed by atoms with Gasteiger partial charge in [0, 0.05) is 70.8 Å². The lowest BCUT2D eigenvalue weighted by Crippen LogP contribution is -2.44. The Balaban J connectivity index is 0.000000213. The summed E-state index contributed by atoms with van der Waals surface area (Å²) in [5.74, 6) is -3.72. The number of sulfone groups is 1. The molecule has 0 bridgehead atoms. The third kappa shape index (κ3) is 8.64. The van der Waals surface area contributed by atoms with E-state index in [1.807, 2.05) is 0 Å². The number of imidazole rings is 1. The van der Waals surface area contributed by atoms with Crippen molar-refractivity contribution in [3.05, 3.63) is 127 Å². The van der Waals surface area contributed by atoms with E-state index >= 15 is 0 Å². The summed E-state index contributed by atoms with van der Waals surface area (Å²) in [5.41, 5.74) is -6.36. The van der Waals surface area contributed by atoms with Crippen LogP contribution in [0.4, 0.5) is 8.78 Å². The predicted molar refractivity (Wildman–Crippen MR) is 233 cm³/mol. The zero-order valence-electron chi connectivity index (χ0n) is 34.5. The molecule has 20 nitrogen and oxygen atoms in total. The number of hydrogen-bond acceptors (Lipinski definition) is 15. The molecule has 5 heterocycles. The van der Waals surface area contributed by atoms with Gasteiger partial charge >= 0.3 is 22.8 Å². The summed E-state index contributed by atoms with van der Waals surface area (Å²) in [6, 6.07) is 4.23. The molecule has 0 aliphatic carbocycles. The first-order valence-corrected chi connectivity index (χ1v) is 21.9. The summed E-state index contributed by atoms with van der Waals surface area (Å²) in [4.78, 5) is 90.3. The number of aromatic nitrogens is 8. The molecule has 0 saturated heterocycles. The van der Waals surface area contributed by atoms with E-state index < -0.39 is 78.6 Å². The van der Waals surface area contributed by atoms with Gasteiger partial charge in [0.15, 0.2) is 30.8 Å². The normalized spacial score (nSPS) is 18.1. The summed E-state index contributed by atoms with van der Waals surface area (Å²) in [5, 5.41) is 7.67. The number of oxime groups is 2. The van der Waals surface area contributed by atoms with Crippen LogP contribution in [-0.4, -0.2) is 91.7 Å². The van der Waals surface area contributed by atoms with Gasteiger partial charge in [-0.2, -0.15) is 0 Å². The lowest BCUT2D eigenvalue weighted by Gasteiger charge is -2.19. The fraction of sp³-hybridized carbons (Fsp3) is 0.324. The Morgan fingerprint density at radius 2 is 1.12 bits per heavy atom. The van der Waals surface area contributed by atoms with E-state index in [0.29, 0.717) is 9.13 Å². The van der Waals surface area contributed by atoms with Gasteiger partial charge in [0.05, 0.1) is 32.8 Å². The number of halogens is 4. The molecule has 0 N–H and O–H groups in total. The van der Waals surface area contributed by atoms with Crippen LogP contribution < -0.4 is 22.8 Å². The minimum Gasteiger partial charge on any atom is -0.381 e. The fourth-order valence-electron chi connectivity index (χ4n) is 6.49. The average molecular weight is 984 g/mol. The Bertz CT molecular complexity index is 3310. The van der Waals surface area contributed by atoms with Gasteiger partial charge in [0.25, 0.3) is 5.91 Å². The minimum atomic E-state index is -3.60. The molecule has 2 aliphatic heterocycles. The van der Waals surface area contributed by atoms with Crippen LogP contribution in [0.15, 0.2) is 72.5 Å². The van der Waals surface area contributed by atoms with Crippen molar-refractivity contribution in [1.29, 1.82) is 0 Å². The van der Waals surface area contributed by atoms with Crippen LogP contribution in [0.2, 0.25) is 10.0 Å². The van der Waals surface area contributed by atoms with E-state index in [9.17, 15) is 46.0 Å². The average Bonchev–Trinajstić information content (AvgIpc) is 4.00. The molecule has 64 heavy (non-hydrogen) atoms. The number of rotatable bonds is 8. The zero-order valence-corrected chi connectivity index (χ0v) is 38.4. The standard InChI is InChI=1S/C19H16ClFN6O4S.C18H18ClFN4O6S2/c1-19(15(28)26-5-4-22-9-26)8-13(23-31-19)10-6-14(12(21)7-11(10)20)27-16(29)24(2)18(32)25(3)17(27)30;1-18(14(25)8-32(4,28)29)7-12(21-30-18)9-5-13(11(20)6-10(9)19)24-15(26)22(2)17(31)23(3)16(24)27/h4-7,9H,8H2,1-3H3;5-6H,7-8H2,1-4H3. The van der Waals surface area contributed by atoms with Crippen molar-refractivity contribution >= 4 is 80.6 Å². The van der Waals surface area contributed by atoms with E-state index in [1.165, 1.54) is 64.5 Å². The molecule has 338 valence electrons. The fourth-order valence-corrected chi connectivity index (χ4v) is 8.10. The lowest BCUT2D eigenvalue weighted by atomic mass is 9.92. The van der Waals surface area contributed by atoms with Crippen molar-refractivity contribution in [1.82, 2.24) is 37.0 Å². The van der Waals surface area contributed by atoms with Crippen LogP contribution >= 0.6 is 47.6 Å². The topological polar surface area (TPSA) is 227 Å². The first-order valence-electron chi connectivity index (χ1n) is 18.2. The van der Waals surface area contributed by atoms with Gasteiger partial charge in [0.1, 0.15) is 23.7 Å². The Hall–Kier alpha value is -6.02. The summed E-state index contributed by atoms with van der Waals surface area (Å²) in [6.45, 7) is 2.92. The molecule has 0 saturated carbocycles.